The predicted molar refractivity (Wildman–Crippen MR) is 187 cm³/mol. The number of aromatic nitrogens is 4. The molecule has 6 atom stereocenters. The van der Waals surface area contributed by atoms with Gasteiger partial charge in [0.25, 0.3) is 5.56 Å². The molecular weight excluding hydrogens is 722 g/mol. The molecule has 6 aromatic rings. The summed E-state index contributed by atoms with van der Waals surface area (Å²) in [5, 5.41) is 30.7. The molecule has 2 aromatic heterocycles. The van der Waals surface area contributed by atoms with Gasteiger partial charge in [-0.1, -0.05) is 54.6 Å². The number of phosphoric acid groups is 2. The number of imidazole rings is 1. The van der Waals surface area contributed by atoms with Crippen molar-refractivity contribution in [2.45, 2.75) is 50.3 Å². The molecule has 1 amide bonds. The van der Waals surface area contributed by atoms with Gasteiger partial charge in [-0.15, -0.1) is 0 Å². The maximum Gasteiger partial charge on any atom is 0.481 e. The van der Waals surface area contributed by atoms with Gasteiger partial charge in [0.15, 0.2) is 17.4 Å². The van der Waals surface area contributed by atoms with E-state index in [1.54, 1.807) is 0 Å². The number of ether oxygens (including phenoxy) is 1. The summed E-state index contributed by atoms with van der Waals surface area (Å²) in [6.07, 6.45) is -4.45. The minimum Gasteiger partial charge on any atom is -0.387 e. The van der Waals surface area contributed by atoms with Crippen LogP contribution in [-0.4, -0.2) is 77.0 Å². The van der Waals surface area contributed by atoms with E-state index in [0.29, 0.717) is 6.54 Å². The van der Waals surface area contributed by atoms with E-state index >= 15 is 0 Å². The van der Waals surface area contributed by atoms with Crippen molar-refractivity contribution in [1.29, 1.82) is 0 Å². The third kappa shape index (κ3) is 7.31. The number of carbonyl (C=O) groups is 1. The monoisotopic (exact) mass is 756 g/mol. The van der Waals surface area contributed by atoms with Gasteiger partial charge in [-0.05, 0) is 50.7 Å². The lowest BCUT2D eigenvalue weighted by atomic mass is 9.92. The fourth-order valence-corrected chi connectivity index (χ4v) is 8.49. The summed E-state index contributed by atoms with van der Waals surface area (Å²) in [6.45, 7) is -0.935. The molecule has 20 heteroatoms. The minimum atomic E-state index is -5.26. The average molecular weight is 757 g/mol. The molecule has 0 aliphatic carbocycles. The second kappa shape index (κ2) is 14.2. The van der Waals surface area contributed by atoms with Crippen molar-refractivity contribution in [1.82, 2.24) is 24.8 Å². The van der Waals surface area contributed by atoms with Gasteiger partial charge in [-0.3, -0.25) is 28.2 Å². The molecule has 1 aliphatic heterocycles. The molecule has 0 bridgehead atoms. The Bertz CT molecular complexity index is 2420. The van der Waals surface area contributed by atoms with Crippen LogP contribution in [0.25, 0.3) is 43.5 Å². The van der Waals surface area contributed by atoms with Gasteiger partial charge in [0.1, 0.15) is 18.3 Å². The number of amides is 1. The van der Waals surface area contributed by atoms with Crippen molar-refractivity contribution < 1.29 is 52.0 Å². The number of fused-ring (bicyclic) bond motifs is 1. The number of aliphatic hydroxyl groups is 2. The summed E-state index contributed by atoms with van der Waals surface area (Å²) < 4.78 is 45.4. The Labute approximate surface area is 293 Å². The smallest absolute Gasteiger partial charge is 0.387 e. The van der Waals surface area contributed by atoms with Crippen LogP contribution in [0.15, 0.2) is 65.7 Å². The first-order chi connectivity index (χ1) is 24.8. The second-order valence-corrected chi connectivity index (χ2v) is 15.3. The lowest BCUT2D eigenvalue weighted by Gasteiger charge is -2.19. The number of phosphoric ester groups is 2. The fourth-order valence-electron chi connectivity index (χ4n) is 6.37. The number of unbranched alkanes of at least 4 members (excludes halogenated alkanes) is 1. The first-order valence-electron chi connectivity index (χ1n) is 16.1. The highest BCUT2D eigenvalue weighted by Crippen LogP contribution is 2.60. The van der Waals surface area contributed by atoms with Crippen LogP contribution in [0.2, 0.25) is 0 Å². The standard InChI is InChI=1S/C32H34N6O12P2/c33-32-36-29-26(30(42)37-32)35-16-38(29)31-28(41)27(40)22(49-31)15-48-52(45,46)50-51(43,44)47-13-2-1-6-23(39)34-14-20-10-9-19-8-7-17-4-3-5-18-11-12-21(20)25(19)24(17)18/h3-5,7-12,16,22,27-28,31,40-41H,1-2,6,13-15H2,(H,34,39)(H,43,44)(H,45,46)(H3,33,36,37,42)/t22-,27-,28-,31-/m1/s1. The van der Waals surface area contributed by atoms with Gasteiger partial charge in [0.05, 0.1) is 19.5 Å². The largest absolute Gasteiger partial charge is 0.481 e. The highest BCUT2D eigenvalue weighted by atomic mass is 31.3. The number of hydrogen-bond donors (Lipinski definition) is 7. The number of rotatable bonds is 14. The maximum absolute atomic E-state index is 12.6. The van der Waals surface area contributed by atoms with Crippen LogP contribution in [0, 0.1) is 0 Å². The molecule has 7 rings (SSSR count). The molecule has 2 unspecified atom stereocenters. The van der Waals surface area contributed by atoms with E-state index in [1.165, 1.54) is 5.39 Å². The van der Waals surface area contributed by atoms with Crippen molar-refractivity contribution in [2.24, 2.45) is 0 Å². The van der Waals surface area contributed by atoms with E-state index in [9.17, 15) is 38.7 Å². The van der Waals surface area contributed by atoms with Crippen LogP contribution in [0.4, 0.5) is 5.95 Å². The number of nitrogens with zero attached hydrogens (tertiary/aromatic N) is 3. The average Bonchev–Trinajstić information content (AvgIpc) is 3.64. The van der Waals surface area contributed by atoms with Crippen LogP contribution in [0.5, 0.6) is 0 Å². The molecule has 0 radical (unpaired) electrons. The van der Waals surface area contributed by atoms with E-state index in [1.807, 2.05) is 18.2 Å². The lowest BCUT2D eigenvalue weighted by Crippen LogP contribution is -2.33. The first kappa shape index (κ1) is 36.1. The van der Waals surface area contributed by atoms with Gasteiger partial charge in [0.2, 0.25) is 11.9 Å². The normalized spacial score (nSPS) is 21.6. The number of benzene rings is 4. The minimum absolute atomic E-state index is 0.0609. The number of hydrogen-bond acceptors (Lipinski definition) is 13. The van der Waals surface area contributed by atoms with E-state index in [-0.39, 0.29) is 48.9 Å². The van der Waals surface area contributed by atoms with Crippen molar-refractivity contribution >= 4 is 71.0 Å². The molecule has 4 aromatic carbocycles. The number of carbonyl (C=O) groups excluding carboxylic acids is 1. The molecule has 1 saturated heterocycles. The summed E-state index contributed by atoms with van der Waals surface area (Å²) in [6, 6.07) is 18.5. The molecule has 52 heavy (non-hydrogen) atoms. The molecule has 8 N–H and O–H groups in total. The van der Waals surface area contributed by atoms with Crippen molar-refractivity contribution in [3.8, 4) is 0 Å². The molecular formula is C32H34N6O12P2. The predicted octanol–water partition coefficient (Wildman–Crippen LogP) is 2.96. The number of H-pyrrole nitrogens is 1. The summed E-state index contributed by atoms with van der Waals surface area (Å²) in [5.41, 5.74) is 5.72. The Morgan fingerprint density at radius 2 is 1.65 bits per heavy atom. The first-order valence-corrected chi connectivity index (χ1v) is 19.1. The highest BCUT2D eigenvalue weighted by molar-refractivity contribution is 7.61. The Balaban J connectivity index is 0.853. The number of aliphatic hydroxyl groups excluding tert-OH is 2. The van der Waals surface area contributed by atoms with Crippen molar-refractivity contribution in [2.75, 3.05) is 18.9 Å². The zero-order chi connectivity index (χ0) is 36.8. The number of aromatic amines is 1. The Hall–Kier alpha value is -4.32. The lowest BCUT2D eigenvalue weighted by molar-refractivity contribution is -0.121. The van der Waals surface area contributed by atoms with Crippen LogP contribution < -0.4 is 16.6 Å². The molecule has 0 spiro atoms. The Morgan fingerprint density at radius 3 is 2.42 bits per heavy atom. The van der Waals surface area contributed by atoms with Crippen LogP contribution in [0.1, 0.15) is 31.1 Å². The van der Waals surface area contributed by atoms with Gasteiger partial charge in [-0.25, -0.2) is 14.1 Å². The van der Waals surface area contributed by atoms with Crippen molar-refractivity contribution in [3.05, 3.63) is 76.8 Å². The molecule has 0 saturated carbocycles. The zero-order valence-corrected chi connectivity index (χ0v) is 29.0. The van der Waals surface area contributed by atoms with E-state index in [4.69, 9.17) is 19.5 Å². The molecule has 18 nitrogen and oxygen atoms in total. The molecule has 1 aliphatic rings. The molecule has 3 heterocycles. The number of nitrogens with one attached hydrogen (secondary N) is 2. The number of anilines is 1. The van der Waals surface area contributed by atoms with Gasteiger partial charge < -0.3 is 35.8 Å². The quantitative estimate of drug-likeness (QED) is 0.0478. The van der Waals surface area contributed by atoms with Gasteiger partial charge >= 0.3 is 15.6 Å². The summed E-state index contributed by atoms with van der Waals surface area (Å²) in [7, 11) is -10.4. The van der Waals surface area contributed by atoms with Crippen LogP contribution >= 0.6 is 15.6 Å². The SMILES string of the molecule is Nc1nc2c(ncn2[C@@H]2O[C@H](COP(=O)(O)OP(=O)(O)OCCCCC(=O)NCc3ccc4ccc5cccc6ccc3c4c56)[C@@H](O)[C@H]2O)c(=O)[nH]1. The van der Waals surface area contributed by atoms with E-state index < -0.39 is 52.4 Å². The van der Waals surface area contributed by atoms with Crippen molar-refractivity contribution in [3.63, 3.8) is 0 Å². The van der Waals surface area contributed by atoms with E-state index in [2.05, 4.69) is 61.0 Å². The van der Waals surface area contributed by atoms with Gasteiger partial charge in [-0.2, -0.15) is 9.29 Å². The highest BCUT2D eigenvalue weighted by Gasteiger charge is 2.46. The third-order valence-corrected chi connectivity index (χ3v) is 11.5. The van der Waals surface area contributed by atoms with Gasteiger partial charge in [0, 0.05) is 13.0 Å². The maximum atomic E-state index is 12.6. The Morgan fingerprint density at radius 1 is 0.962 bits per heavy atom. The van der Waals surface area contributed by atoms with Crippen LogP contribution in [0.3, 0.4) is 0 Å². The molecule has 274 valence electrons. The number of nitrogens with two attached hydrogens (primary N) is 1. The fraction of sp³-hybridized carbons (Fsp3) is 0.312. The number of nitrogen functional groups attached to an aromatic ring is 1. The summed E-state index contributed by atoms with van der Waals surface area (Å²) >= 11 is 0. The summed E-state index contributed by atoms with van der Waals surface area (Å²) in [5.74, 6) is -0.472. The van der Waals surface area contributed by atoms with Crippen LogP contribution in [-0.2, 0) is 38.6 Å². The third-order valence-electron chi connectivity index (χ3n) is 8.82. The zero-order valence-electron chi connectivity index (χ0n) is 27.2. The summed E-state index contributed by atoms with van der Waals surface area (Å²) in [4.78, 5) is 54.8. The Kier molecular flexibility index (Phi) is 9.88. The van der Waals surface area contributed by atoms with E-state index in [0.717, 1.165) is 43.4 Å². The molecule has 1 fully saturated rings. The topological polar surface area (TPSA) is 271 Å². The second-order valence-electron chi connectivity index (χ2n) is 12.3.